The zero-order valence-corrected chi connectivity index (χ0v) is 31.8. The predicted octanol–water partition coefficient (Wildman–Crippen LogP) is 8.56. The van der Waals surface area contributed by atoms with Crippen LogP contribution in [0.2, 0.25) is 0 Å². The van der Waals surface area contributed by atoms with Crippen LogP contribution in [0, 0.1) is 5.41 Å². The predicted molar refractivity (Wildman–Crippen MR) is 202 cm³/mol. The molecule has 0 spiro atoms. The van der Waals surface area contributed by atoms with Crippen LogP contribution in [-0.2, 0) is 25.7 Å². The Bertz CT molecular complexity index is 1960. The first-order valence-corrected chi connectivity index (χ1v) is 19.3. The minimum absolute atomic E-state index is 0.205. The number of unbranched alkanes of at least 4 members (excludes halogenated alkanes) is 2. The van der Waals surface area contributed by atoms with Crippen molar-refractivity contribution in [3.8, 4) is 11.5 Å². The average molecular weight is 713 g/mol. The highest BCUT2D eigenvalue weighted by Gasteiger charge is 2.44. The molecule has 1 N–H and O–H groups in total. The van der Waals surface area contributed by atoms with E-state index < -0.39 is 15.5 Å². The molecule has 9 heteroatoms. The van der Waals surface area contributed by atoms with Gasteiger partial charge in [0.2, 0.25) is 5.69 Å². The summed E-state index contributed by atoms with van der Waals surface area (Å²) in [5.41, 5.74) is 5.15. The van der Waals surface area contributed by atoms with Crippen LogP contribution in [0.5, 0.6) is 11.5 Å². The lowest BCUT2D eigenvalue weighted by Crippen LogP contribution is -2.28. The molecule has 0 atom stereocenters. The molecule has 2 heterocycles. The van der Waals surface area contributed by atoms with Crippen molar-refractivity contribution in [2.75, 3.05) is 24.6 Å². The zero-order chi connectivity index (χ0) is 37.2. The van der Waals surface area contributed by atoms with E-state index in [2.05, 4.69) is 79.7 Å². The normalized spacial score (nSPS) is 17.3. The number of ketones is 1. The van der Waals surface area contributed by atoms with Crippen LogP contribution in [-0.4, -0.2) is 53.8 Å². The number of nitrogens with zero attached hydrogens (tertiary/aromatic N) is 2. The van der Waals surface area contributed by atoms with Gasteiger partial charge in [0.25, 0.3) is 0 Å². The Morgan fingerprint density at radius 1 is 0.922 bits per heavy atom. The number of hydrogen-bond acceptors (Lipinski definition) is 7. The molecular weight excluding hydrogens is 661 g/mol. The van der Waals surface area contributed by atoms with Gasteiger partial charge in [-0.3, -0.25) is 4.79 Å². The minimum atomic E-state index is -4.62. The summed E-state index contributed by atoms with van der Waals surface area (Å²) in [4.78, 5) is 14.5. The third-order valence-corrected chi connectivity index (χ3v) is 11.0. The standard InChI is InChI=1S/C42H52N2O6S/c1-40(2,3)39(46)19-9-8-12-26-43-36-25-24-32(51(47,48)49)29-34(36)42(6,7)38(43)18-13-17-37-41(4,5)33-15-10-11-16-35(33)44(37)27-14-28-50-31-22-20-30(45)21-23-31/h10-11,13,15-18,20-25,29H,8-9,12,14,19,26-28H2,1-7H3,(H-,45,47,48,49). The molecule has 5 rings (SSSR count). The number of para-hydroxylation sites is 1. The van der Waals surface area contributed by atoms with Gasteiger partial charge in [-0.2, -0.15) is 4.58 Å². The summed E-state index contributed by atoms with van der Waals surface area (Å²) in [6, 6.07) is 19.9. The average Bonchev–Trinajstić information content (AvgIpc) is 3.41. The maximum absolute atomic E-state index is 12.5. The van der Waals surface area contributed by atoms with Crippen LogP contribution in [0.15, 0.2) is 95.6 Å². The number of carbonyl (C=O) groups excluding carboxylic acids is 1. The molecule has 0 amide bonds. The number of carbonyl (C=O) groups is 1. The molecule has 0 saturated heterocycles. The van der Waals surface area contributed by atoms with E-state index in [0.29, 0.717) is 25.3 Å². The number of phenolic OH excluding ortho intramolecular Hbond substituents is 1. The third kappa shape index (κ3) is 8.31. The lowest BCUT2D eigenvalue weighted by atomic mass is 9.81. The van der Waals surface area contributed by atoms with E-state index in [1.165, 1.54) is 23.4 Å². The lowest BCUT2D eigenvalue weighted by Gasteiger charge is -2.27. The smallest absolute Gasteiger partial charge is 0.209 e. The molecule has 0 bridgehead atoms. The number of allylic oxidation sites excluding steroid dienone is 4. The van der Waals surface area contributed by atoms with Crippen LogP contribution in [0.3, 0.4) is 0 Å². The van der Waals surface area contributed by atoms with Crippen molar-refractivity contribution in [2.24, 2.45) is 5.41 Å². The van der Waals surface area contributed by atoms with Crippen LogP contribution >= 0.6 is 0 Å². The number of hydrogen-bond donors (Lipinski definition) is 1. The van der Waals surface area contributed by atoms with Crippen molar-refractivity contribution in [2.45, 2.75) is 96.3 Å². The van der Waals surface area contributed by atoms with E-state index in [1.54, 1.807) is 30.3 Å². The molecule has 0 unspecified atom stereocenters. The van der Waals surface area contributed by atoms with Gasteiger partial charge in [0.05, 0.1) is 16.9 Å². The maximum Gasteiger partial charge on any atom is 0.209 e. The van der Waals surface area contributed by atoms with Gasteiger partial charge in [0, 0.05) is 59.3 Å². The number of aromatic hydroxyl groups is 1. The van der Waals surface area contributed by atoms with Crippen molar-refractivity contribution in [1.29, 1.82) is 0 Å². The van der Waals surface area contributed by atoms with E-state index in [9.17, 15) is 22.9 Å². The molecule has 3 aromatic rings. The topological polar surface area (TPSA) is 110 Å². The summed E-state index contributed by atoms with van der Waals surface area (Å²) in [7, 11) is -4.62. The van der Waals surface area contributed by atoms with Crippen molar-refractivity contribution in [3.63, 3.8) is 0 Å². The van der Waals surface area contributed by atoms with Gasteiger partial charge in [-0.1, -0.05) is 65.3 Å². The molecule has 0 aliphatic carbocycles. The number of Topliss-reactive ketones (excluding diaryl/α,β-unsaturated/α-hetero) is 1. The number of benzene rings is 3. The number of fused-ring (bicyclic) bond motifs is 2. The summed E-state index contributed by atoms with van der Waals surface area (Å²) in [6.45, 7) is 16.5. The monoisotopic (exact) mass is 712 g/mol. The molecule has 0 saturated carbocycles. The highest BCUT2D eigenvalue weighted by atomic mass is 32.2. The zero-order valence-electron chi connectivity index (χ0n) is 31.0. The molecule has 51 heavy (non-hydrogen) atoms. The van der Waals surface area contributed by atoms with Gasteiger partial charge >= 0.3 is 0 Å². The lowest BCUT2D eigenvalue weighted by molar-refractivity contribution is -0.438. The van der Waals surface area contributed by atoms with E-state index in [-0.39, 0.29) is 27.3 Å². The van der Waals surface area contributed by atoms with E-state index in [4.69, 9.17) is 4.74 Å². The Morgan fingerprint density at radius 2 is 1.63 bits per heavy atom. The minimum Gasteiger partial charge on any atom is -0.744 e. The summed E-state index contributed by atoms with van der Waals surface area (Å²) >= 11 is 0. The first-order valence-electron chi connectivity index (χ1n) is 17.9. The second-order valence-electron chi connectivity index (χ2n) is 15.7. The Morgan fingerprint density at radius 3 is 2.31 bits per heavy atom. The fraction of sp³-hybridized carbons (Fsp3) is 0.429. The number of rotatable bonds is 14. The van der Waals surface area contributed by atoms with Gasteiger partial charge in [0.1, 0.15) is 27.4 Å². The van der Waals surface area contributed by atoms with Gasteiger partial charge in [-0.15, -0.1) is 0 Å². The summed E-state index contributed by atoms with van der Waals surface area (Å²) < 4.78 is 44.4. The molecule has 272 valence electrons. The summed E-state index contributed by atoms with van der Waals surface area (Å²) in [6.07, 6.45) is 10.3. The Balaban J connectivity index is 1.42. The largest absolute Gasteiger partial charge is 0.744 e. The van der Waals surface area contributed by atoms with Crippen molar-refractivity contribution >= 4 is 33.0 Å². The molecular formula is C42H52N2O6S. The molecule has 2 aliphatic heterocycles. The van der Waals surface area contributed by atoms with Crippen molar-refractivity contribution in [3.05, 3.63) is 102 Å². The van der Waals surface area contributed by atoms with E-state index in [0.717, 1.165) is 54.9 Å². The van der Waals surface area contributed by atoms with Crippen molar-refractivity contribution < 1.29 is 32.2 Å². The number of phenols is 1. The van der Waals surface area contributed by atoms with Gasteiger partial charge < -0.3 is 19.3 Å². The molecule has 3 aromatic carbocycles. The summed E-state index contributed by atoms with van der Waals surface area (Å²) in [5.74, 6) is 1.19. The quantitative estimate of drug-likeness (QED) is 0.101. The fourth-order valence-electron chi connectivity index (χ4n) is 7.23. The van der Waals surface area contributed by atoms with Crippen LogP contribution in [0.4, 0.5) is 11.4 Å². The third-order valence-electron chi connectivity index (χ3n) is 10.2. The van der Waals surface area contributed by atoms with Gasteiger partial charge in [0.15, 0.2) is 12.3 Å². The maximum atomic E-state index is 12.5. The molecule has 0 fully saturated rings. The Labute approximate surface area is 303 Å². The SMILES string of the molecule is CC(C)(C)C(=O)CCCCCN1/C(=C/C=C/C2=[N+](CCCOc3ccc(O)cc3)c3ccccc3C2(C)C)C(C)(C)c2cc(S(=O)(=O)[O-])ccc21. The van der Waals surface area contributed by atoms with Crippen LogP contribution in [0.1, 0.15) is 91.7 Å². The molecule has 8 nitrogen and oxygen atoms in total. The molecule has 0 aromatic heterocycles. The first-order chi connectivity index (χ1) is 23.9. The second-order valence-corrected chi connectivity index (χ2v) is 17.1. The highest BCUT2D eigenvalue weighted by molar-refractivity contribution is 7.85. The number of ether oxygens (including phenoxy) is 1. The molecule has 0 radical (unpaired) electrons. The Kier molecular flexibility index (Phi) is 11.0. The second kappa shape index (κ2) is 14.8. The molecule has 2 aliphatic rings. The summed E-state index contributed by atoms with van der Waals surface area (Å²) in [5, 5.41) is 9.59. The van der Waals surface area contributed by atoms with E-state index in [1.807, 2.05) is 20.8 Å². The van der Waals surface area contributed by atoms with Gasteiger partial charge in [-0.25, -0.2) is 8.42 Å². The van der Waals surface area contributed by atoms with Crippen molar-refractivity contribution in [1.82, 2.24) is 0 Å². The van der Waals surface area contributed by atoms with Crippen LogP contribution in [0.25, 0.3) is 0 Å². The first kappa shape index (κ1) is 38.0. The van der Waals surface area contributed by atoms with E-state index >= 15 is 0 Å². The van der Waals surface area contributed by atoms with Crippen LogP contribution < -0.4 is 9.64 Å². The van der Waals surface area contributed by atoms with Gasteiger partial charge in [-0.05, 0) is 80.8 Å². The highest BCUT2D eigenvalue weighted by Crippen LogP contribution is 2.49. The Hall–Kier alpha value is -4.21. The fourth-order valence-corrected chi connectivity index (χ4v) is 7.72. The number of anilines is 1.